The average molecular weight is 322 g/mol. The lowest BCUT2D eigenvalue weighted by Crippen LogP contribution is -2.52. The fourth-order valence-corrected chi connectivity index (χ4v) is 2.82. The number of ether oxygens (including phenoxy) is 1. The van der Waals surface area contributed by atoms with E-state index in [1.807, 2.05) is 12.1 Å². The van der Waals surface area contributed by atoms with Gasteiger partial charge >= 0.3 is 0 Å². The van der Waals surface area contributed by atoms with Crippen molar-refractivity contribution < 1.29 is 4.74 Å². The Morgan fingerprint density at radius 1 is 1.23 bits per heavy atom. The van der Waals surface area contributed by atoms with Crippen LogP contribution in [0.15, 0.2) is 24.3 Å². The third-order valence-electron chi connectivity index (χ3n) is 3.83. The van der Waals surface area contributed by atoms with Gasteiger partial charge in [0.25, 0.3) is 0 Å². The van der Waals surface area contributed by atoms with Crippen LogP contribution in [-0.2, 0) is 0 Å². The Bertz CT molecular complexity index is 487. The van der Waals surface area contributed by atoms with Gasteiger partial charge in [0.2, 0.25) is 0 Å². The maximum atomic E-state index is 5.48. The van der Waals surface area contributed by atoms with Crippen LogP contribution in [0.5, 0.6) is 5.75 Å². The zero-order chi connectivity index (χ0) is 15.9. The highest BCUT2D eigenvalue weighted by Gasteiger charge is 2.20. The summed E-state index contributed by atoms with van der Waals surface area (Å²) in [6.07, 6.45) is 0. The monoisotopic (exact) mass is 322 g/mol. The molecule has 0 atom stereocenters. The fraction of sp³-hybridized carbons (Fsp3) is 0.562. The number of anilines is 1. The summed E-state index contributed by atoms with van der Waals surface area (Å²) in [6, 6.07) is 8.18. The number of thiocarbonyl (C=S) groups is 1. The van der Waals surface area contributed by atoms with Gasteiger partial charge in [-0.25, -0.2) is 0 Å². The first-order chi connectivity index (χ1) is 10.6. The SMILES string of the molecule is COc1ccccc1N1CCN(C(=S)NCCN(C)C)CC1. The molecule has 22 heavy (non-hydrogen) atoms. The quantitative estimate of drug-likeness (QED) is 0.821. The predicted molar refractivity (Wildman–Crippen MR) is 95.9 cm³/mol. The third-order valence-corrected chi connectivity index (χ3v) is 4.23. The lowest BCUT2D eigenvalue weighted by atomic mass is 10.2. The number of nitrogens with zero attached hydrogens (tertiary/aromatic N) is 3. The van der Waals surface area contributed by atoms with Crippen LogP contribution in [0.4, 0.5) is 5.69 Å². The molecular weight excluding hydrogens is 296 g/mol. The summed E-state index contributed by atoms with van der Waals surface area (Å²) >= 11 is 5.48. The molecule has 0 unspecified atom stereocenters. The van der Waals surface area contributed by atoms with Crippen molar-refractivity contribution in [3.8, 4) is 5.75 Å². The molecule has 6 heteroatoms. The molecule has 0 aromatic heterocycles. The summed E-state index contributed by atoms with van der Waals surface area (Å²) in [4.78, 5) is 6.75. The van der Waals surface area contributed by atoms with Gasteiger partial charge in [-0.3, -0.25) is 0 Å². The van der Waals surface area contributed by atoms with E-state index in [0.29, 0.717) is 0 Å². The molecule has 0 bridgehead atoms. The van der Waals surface area contributed by atoms with E-state index in [1.165, 1.54) is 0 Å². The molecule has 1 saturated heterocycles. The van der Waals surface area contributed by atoms with Crippen LogP contribution < -0.4 is 15.0 Å². The van der Waals surface area contributed by atoms with Crippen molar-refractivity contribution in [2.24, 2.45) is 0 Å². The van der Waals surface area contributed by atoms with Gasteiger partial charge in [0, 0.05) is 39.3 Å². The minimum absolute atomic E-state index is 0.863. The average Bonchev–Trinajstić information content (AvgIpc) is 2.54. The number of rotatable bonds is 5. The normalized spacial score (nSPS) is 15.1. The molecular formula is C16H26N4OS. The van der Waals surface area contributed by atoms with Gasteiger partial charge in [-0.05, 0) is 38.4 Å². The molecule has 1 aliphatic heterocycles. The Labute approximate surface area is 138 Å². The third kappa shape index (κ3) is 4.48. The summed E-state index contributed by atoms with van der Waals surface area (Å²) in [5.41, 5.74) is 1.16. The van der Waals surface area contributed by atoms with Crippen molar-refractivity contribution in [3.05, 3.63) is 24.3 Å². The van der Waals surface area contributed by atoms with Crippen LogP contribution in [0.3, 0.4) is 0 Å². The standard InChI is InChI=1S/C16H26N4OS/c1-18(2)9-8-17-16(22)20-12-10-19(11-13-20)14-6-4-5-7-15(14)21-3/h4-7H,8-13H2,1-3H3,(H,17,22). The Balaban J connectivity index is 1.84. The van der Waals surface area contributed by atoms with E-state index < -0.39 is 0 Å². The number of para-hydroxylation sites is 2. The first-order valence-corrected chi connectivity index (χ1v) is 8.08. The van der Waals surface area contributed by atoms with Crippen molar-refractivity contribution in [3.63, 3.8) is 0 Å². The smallest absolute Gasteiger partial charge is 0.169 e. The molecule has 0 saturated carbocycles. The molecule has 1 heterocycles. The Kier molecular flexibility index (Phi) is 6.27. The maximum Gasteiger partial charge on any atom is 0.169 e. The van der Waals surface area contributed by atoms with Crippen LogP contribution in [0.2, 0.25) is 0 Å². The molecule has 0 radical (unpaired) electrons. The first-order valence-electron chi connectivity index (χ1n) is 7.67. The minimum Gasteiger partial charge on any atom is -0.495 e. The molecule has 0 amide bonds. The number of hydrogen-bond donors (Lipinski definition) is 1. The molecule has 1 aromatic carbocycles. The van der Waals surface area contributed by atoms with Crippen LogP contribution in [0.25, 0.3) is 0 Å². The van der Waals surface area contributed by atoms with Crippen molar-refractivity contribution in [1.82, 2.24) is 15.1 Å². The maximum absolute atomic E-state index is 5.48. The van der Waals surface area contributed by atoms with Gasteiger partial charge in [-0.2, -0.15) is 0 Å². The molecule has 2 rings (SSSR count). The molecule has 122 valence electrons. The highest BCUT2D eigenvalue weighted by molar-refractivity contribution is 7.80. The van der Waals surface area contributed by atoms with E-state index in [4.69, 9.17) is 17.0 Å². The van der Waals surface area contributed by atoms with Gasteiger partial charge in [0.05, 0.1) is 12.8 Å². The van der Waals surface area contributed by atoms with Gasteiger partial charge in [0.1, 0.15) is 5.75 Å². The van der Waals surface area contributed by atoms with Crippen LogP contribution in [0.1, 0.15) is 0 Å². The van der Waals surface area contributed by atoms with E-state index in [9.17, 15) is 0 Å². The summed E-state index contributed by atoms with van der Waals surface area (Å²) in [6.45, 7) is 5.66. The zero-order valence-corrected chi connectivity index (χ0v) is 14.5. The molecule has 0 aliphatic carbocycles. The number of nitrogens with one attached hydrogen (secondary N) is 1. The Hall–Kier alpha value is -1.53. The fourth-order valence-electron chi connectivity index (χ4n) is 2.54. The summed E-state index contributed by atoms with van der Waals surface area (Å²) in [5, 5.41) is 4.20. The number of piperazine rings is 1. The molecule has 1 aliphatic rings. The molecule has 0 spiro atoms. The topological polar surface area (TPSA) is 31.0 Å². The molecule has 1 fully saturated rings. The van der Waals surface area contributed by atoms with E-state index in [0.717, 1.165) is 55.8 Å². The van der Waals surface area contributed by atoms with Crippen LogP contribution in [-0.4, -0.2) is 75.4 Å². The van der Waals surface area contributed by atoms with E-state index in [2.05, 4.69) is 46.2 Å². The highest BCUT2D eigenvalue weighted by atomic mass is 32.1. The van der Waals surface area contributed by atoms with Crippen LogP contribution >= 0.6 is 12.2 Å². The van der Waals surface area contributed by atoms with E-state index >= 15 is 0 Å². The lowest BCUT2D eigenvalue weighted by molar-refractivity contribution is 0.366. The number of hydrogen-bond acceptors (Lipinski definition) is 4. The summed E-state index contributed by atoms with van der Waals surface area (Å²) in [5.74, 6) is 0.933. The largest absolute Gasteiger partial charge is 0.495 e. The number of likely N-dealkylation sites (N-methyl/N-ethyl adjacent to an activating group) is 1. The first kappa shape index (κ1) is 16.8. The lowest BCUT2D eigenvalue weighted by Gasteiger charge is -2.38. The van der Waals surface area contributed by atoms with Gasteiger partial charge < -0.3 is 24.8 Å². The second-order valence-electron chi connectivity index (χ2n) is 5.68. The molecule has 1 N–H and O–H groups in total. The Morgan fingerprint density at radius 3 is 2.55 bits per heavy atom. The number of methoxy groups -OCH3 is 1. The van der Waals surface area contributed by atoms with Crippen molar-refractivity contribution in [1.29, 1.82) is 0 Å². The Morgan fingerprint density at radius 2 is 1.91 bits per heavy atom. The van der Waals surface area contributed by atoms with Crippen LogP contribution in [0, 0.1) is 0 Å². The zero-order valence-electron chi connectivity index (χ0n) is 13.7. The van der Waals surface area contributed by atoms with E-state index in [-0.39, 0.29) is 0 Å². The van der Waals surface area contributed by atoms with Crippen molar-refractivity contribution in [2.75, 3.05) is 65.4 Å². The van der Waals surface area contributed by atoms with Crippen molar-refractivity contribution in [2.45, 2.75) is 0 Å². The number of benzene rings is 1. The van der Waals surface area contributed by atoms with E-state index in [1.54, 1.807) is 7.11 Å². The van der Waals surface area contributed by atoms with Gasteiger partial charge in [-0.15, -0.1) is 0 Å². The second-order valence-corrected chi connectivity index (χ2v) is 6.07. The molecule has 5 nitrogen and oxygen atoms in total. The minimum atomic E-state index is 0.863. The summed E-state index contributed by atoms with van der Waals surface area (Å²) in [7, 11) is 5.85. The second kappa shape index (κ2) is 8.19. The summed E-state index contributed by atoms with van der Waals surface area (Å²) < 4.78 is 5.45. The highest BCUT2D eigenvalue weighted by Crippen LogP contribution is 2.28. The van der Waals surface area contributed by atoms with Gasteiger partial charge in [-0.1, -0.05) is 12.1 Å². The predicted octanol–water partition coefficient (Wildman–Crippen LogP) is 1.25. The van der Waals surface area contributed by atoms with Gasteiger partial charge in [0.15, 0.2) is 5.11 Å². The molecule has 1 aromatic rings. The van der Waals surface area contributed by atoms with Crippen molar-refractivity contribution >= 4 is 23.0 Å².